The highest BCUT2D eigenvalue weighted by Gasteiger charge is 2.44. The van der Waals surface area contributed by atoms with Crippen LogP contribution in [0, 0.1) is 16.7 Å². The molecule has 1 fully saturated rings. The molecule has 0 spiro atoms. The second-order valence-corrected chi connectivity index (χ2v) is 6.01. The Hall–Kier alpha value is -2.02. The van der Waals surface area contributed by atoms with E-state index in [9.17, 15) is 10.1 Å². The number of carbonyl (C=O) groups is 1. The Morgan fingerprint density at radius 2 is 2.10 bits per heavy atom. The molecule has 0 saturated heterocycles. The minimum atomic E-state index is -0.767. The van der Waals surface area contributed by atoms with Gasteiger partial charge in [-0.2, -0.15) is 5.26 Å². The molecule has 4 nitrogen and oxygen atoms in total. The van der Waals surface area contributed by atoms with Crippen LogP contribution in [-0.2, 0) is 17.8 Å². The van der Waals surface area contributed by atoms with Gasteiger partial charge in [-0.1, -0.05) is 18.9 Å². The van der Waals surface area contributed by atoms with Crippen molar-refractivity contribution in [1.29, 1.82) is 5.26 Å². The number of hydrogen-bond acceptors (Lipinski definition) is 3. The molecule has 21 heavy (non-hydrogen) atoms. The van der Waals surface area contributed by atoms with E-state index in [0.29, 0.717) is 25.9 Å². The molecule has 110 valence electrons. The van der Waals surface area contributed by atoms with Crippen LogP contribution < -0.4 is 4.74 Å². The predicted molar refractivity (Wildman–Crippen MR) is 78.6 cm³/mol. The van der Waals surface area contributed by atoms with Crippen LogP contribution in [0.1, 0.15) is 36.8 Å². The van der Waals surface area contributed by atoms with Crippen LogP contribution in [0.25, 0.3) is 0 Å². The molecule has 1 aliphatic heterocycles. The van der Waals surface area contributed by atoms with Crippen LogP contribution in [0.2, 0.25) is 0 Å². The van der Waals surface area contributed by atoms with Crippen LogP contribution in [0.3, 0.4) is 0 Å². The fourth-order valence-corrected chi connectivity index (χ4v) is 3.49. The first-order chi connectivity index (χ1) is 10.2. The number of fused-ring (bicyclic) bond motifs is 1. The lowest BCUT2D eigenvalue weighted by Gasteiger charge is -2.33. The van der Waals surface area contributed by atoms with Crippen molar-refractivity contribution in [2.45, 2.75) is 38.6 Å². The molecule has 3 rings (SSSR count). The third kappa shape index (κ3) is 2.37. The third-order valence-electron chi connectivity index (χ3n) is 4.79. The van der Waals surface area contributed by atoms with Gasteiger partial charge in [0.15, 0.2) is 0 Å². The maximum absolute atomic E-state index is 12.8. The first-order valence-electron chi connectivity index (χ1n) is 7.55. The highest BCUT2D eigenvalue weighted by Crippen LogP contribution is 2.40. The summed E-state index contributed by atoms with van der Waals surface area (Å²) >= 11 is 0. The second kappa shape index (κ2) is 5.40. The standard InChI is InChI=1S/C17H20N2O2/c1-21-15-5-4-13-6-9-19(11-14(13)10-15)16(20)17(12-18)7-2-3-8-17/h4-5,10H,2-3,6-9,11H2,1H3. The van der Waals surface area contributed by atoms with Crippen molar-refractivity contribution in [2.75, 3.05) is 13.7 Å². The topological polar surface area (TPSA) is 53.3 Å². The fourth-order valence-electron chi connectivity index (χ4n) is 3.49. The Labute approximate surface area is 125 Å². The summed E-state index contributed by atoms with van der Waals surface area (Å²) in [6.45, 7) is 1.30. The van der Waals surface area contributed by atoms with Gasteiger partial charge in [0.2, 0.25) is 5.91 Å². The zero-order chi connectivity index (χ0) is 14.9. The number of nitriles is 1. The van der Waals surface area contributed by atoms with Gasteiger partial charge in [-0.15, -0.1) is 0 Å². The van der Waals surface area contributed by atoms with Crippen LogP contribution in [0.4, 0.5) is 0 Å². The quantitative estimate of drug-likeness (QED) is 0.839. The molecule has 1 saturated carbocycles. The predicted octanol–water partition coefficient (Wildman–Crippen LogP) is 2.66. The molecule has 0 bridgehead atoms. The number of benzene rings is 1. The molecule has 1 heterocycles. The lowest BCUT2D eigenvalue weighted by Crippen LogP contribution is -2.44. The van der Waals surface area contributed by atoms with Crippen LogP contribution in [0.5, 0.6) is 5.75 Å². The molecule has 1 aromatic rings. The van der Waals surface area contributed by atoms with Gasteiger partial charge in [0.05, 0.1) is 13.2 Å². The number of amides is 1. The van der Waals surface area contributed by atoms with E-state index in [4.69, 9.17) is 4.74 Å². The van der Waals surface area contributed by atoms with Gasteiger partial charge in [0.1, 0.15) is 11.2 Å². The number of ether oxygens (including phenoxy) is 1. The van der Waals surface area contributed by atoms with Crippen molar-refractivity contribution in [3.05, 3.63) is 29.3 Å². The number of nitrogens with zero attached hydrogens (tertiary/aromatic N) is 2. The van der Waals surface area contributed by atoms with Crippen molar-refractivity contribution in [1.82, 2.24) is 4.90 Å². The summed E-state index contributed by atoms with van der Waals surface area (Å²) < 4.78 is 5.26. The van der Waals surface area contributed by atoms with Gasteiger partial charge in [-0.05, 0) is 42.5 Å². The Balaban J connectivity index is 1.82. The average molecular weight is 284 g/mol. The first kappa shape index (κ1) is 13.9. The first-order valence-corrected chi connectivity index (χ1v) is 7.55. The highest BCUT2D eigenvalue weighted by molar-refractivity contribution is 5.86. The lowest BCUT2D eigenvalue weighted by molar-refractivity contribution is -0.139. The van der Waals surface area contributed by atoms with Gasteiger partial charge in [0, 0.05) is 13.1 Å². The highest BCUT2D eigenvalue weighted by atomic mass is 16.5. The normalized spacial score (nSPS) is 19.7. The zero-order valence-corrected chi connectivity index (χ0v) is 12.4. The summed E-state index contributed by atoms with van der Waals surface area (Å²) in [5.74, 6) is 0.842. The summed E-state index contributed by atoms with van der Waals surface area (Å²) in [6, 6.07) is 8.34. The molecular weight excluding hydrogens is 264 g/mol. The third-order valence-corrected chi connectivity index (χ3v) is 4.79. The zero-order valence-electron chi connectivity index (χ0n) is 12.4. The van der Waals surface area contributed by atoms with E-state index in [1.807, 2.05) is 17.0 Å². The molecule has 0 N–H and O–H groups in total. The maximum Gasteiger partial charge on any atom is 0.243 e. The summed E-state index contributed by atoms with van der Waals surface area (Å²) in [4.78, 5) is 14.6. The van der Waals surface area contributed by atoms with Crippen LogP contribution in [-0.4, -0.2) is 24.5 Å². The van der Waals surface area contributed by atoms with Crippen LogP contribution in [0.15, 0.2) is 18.2 Å². The molecule has 0 aromatic heterocycles. The number of carbonyl (C=O) groups excluding carboxylic acids is 1. The van der Waals surface area contributed by atoms with Crippen molar-refractivity contribution >= 4 is 5.91 Å². The Bertz CT molecular complexity index is 597. The smallest absolute Gasteiger partial charge is 0.243 e. The molecule has 0 unspecified atom stereocenters. The second-order valence-electron chi connectivity index (χ2n) is 6.01. The van der Waals surface area contributed by atoms with Crippen molar-refractivity contribution < 1.29 is 9.53 Å². The monoisotopic (exact) mass is 284 g/mol. The lowest BCUT2D eigenvalue weighted by atomic mass is 9.85. The van der Waals surface area contributed by atoms with Crippen molar-refractivity contribution in [3.8, 4) is 11.8 Å². The molecule has 0 atom stereocenters. The number of hydrogen-bond donors (Lipinski definition) is 0. The molecule has 1 aromatic carbocycles. The Morgan fingerprint density at radius 3 is 2.76 bits per heavy atom. The van der Waals surface area contributed by atoms with Gasteiger partial charge in [-0.3, -0.25) is 4.79 Å². The fraction of sp³-hybridized carbons (Fsp3) is 0.529. The van der Waals surface area contributed by atoms with Gasteiger partial charge in [0.25, 0.3) is 0 Å². The minimum absolute atomic E-state index is 0.0240. The maximum atomic E-state index is 12.8. The van der Waals surface area contributed by atoms with Crippen molar-refractivity contribution in [3.63, 3.8) is 0 Å². The Morgan fingerprint density at radius 1 is 1.33 bits per heavy atom. The largest absolute Gasteiger partial charge is 0.497 e. The molecule has 1 amide bonds. The molecule has 1 aliphatic carbocycles. The van der Waals surface area contributed by atoms with E-state index in [-0.39, 0.29) is 5.91 Å². The summed E-state index contributed by atoms with van der Waals surface area (Å²) in [7, 11) is 1.65. The van der Waals surface area contributed by atoms with E-state index < -0.39 is 5.41 Å². The van der Waals surface area contributed by atoms with Gasteiger partial charge in [-0.25, -0.2) is 0 Å². The van der Waals surface area contributed by atoms with E-state index in [2.05, 4.69) is 12.1 Å². The minimum Gasteiger partial charge on any atom is -0.497 e. The van der Waals surface area contributed by atoms with Gasteiger partial charge >= 0.3 is 0 Å². The van der Waals surface area contributed by atoms with E-state index in [1.54, 1.807) is 7.11 Å². The summed E-state index contributed by atoms with van der Waals surface area (Å²) in [6.07, 6.45) is 4.25. The van der Waals surface area contributed by atoms with E-state index in [1.165, 1.54) is 5.56 Å². The number of rotatable bonds is 2. The summed E-state index contributed by atoms with van der Waals surface area (Å²) in [5.41, 5.74) is 1.65. The molecular formula is C17H20N2O2. The Kier molecular flexibility index (Phi) is 3.59. The average Bonchev–Trinajstić information content (AvgIpc) is 3.03. The molecule has 2 aliphatic rings. The van der Waals surface area contributed by atoms with Crippen molar-refractivity contribution in [2.24, 2.45) is 5.41 Å². The van der Waals surface area contributed by atoms with E-state index in [0.717, 1.165) is 30.6 Å². The van der Waals surface area contributed by atoms with E-state index >= 15 is 0 Å². The SMILES string of the molecule is COc1ccc2c(c1)CN(C(=O)C1(C#N)CCCC1)CC2. The molecule has 4 heteroatoms. The molecule has 0 radical (unpaired) electrons. The van der Waals surface area contributed by atoms with Gasteiger partial charge < -0.3 is 9.64 Å². The number of methoxy groups -OCH3 is 1. The van der Waals surface area contributed by atoms with Crippen LogP contribution >= 0.6 is 0 Å². The summed E-state index contributed by atoms with van der Waals surface area (Å²) in [5, 5.41) is 9.48.